The Morgan fingerprint density at radius 3 is 3.08 bits per heavy atom. The van der Waals surface area contributed by atoms with Crippen molar-refractivity contribution in [3.8, 4) is 0 Å². The Bertz CT molecular complexity index is 445. The molecule has 1 heterocycles. The third-order valence-corrected chi connectivity index (χ3v) is 2.46. The van der Waals surface area contributed by atoms with Crippen molar-refractivity contribution in [2.24, 2.45) is 11.5 Å². The summed E-state index contributed by atoms with van der Waals surface area (Å²) in [7, 11) is 0. The Balaban J connectivity index is 2.84. The SMILES string of the molecule is CC1(N)CC=c2cccnc2=C1N. The van der Waals surface area contributed by atoms with Gasteiger partial charge < -0.3 is 11.5 Å². The lowest BCUT2D eigenvalue weighted by Gasteiger charge is -2.25. The van der Waals surface area contributed by atoms with Crippen LogP contribution in [0.15, 0.2) is 18.3 Å². The second-order valence-electron chi connectivity index (χ2n) is 3.68. The van der Waals surface area contributed by atoms with Crippen LogP contribution >= 0.6 is 0 Å². The smallest absolute Gasteiger partial charge is 0.0904 e. The summed E-state index contributed by atoms with van der Waals surface area (Å²) in [5, 5.41) is 1.92. The van der Waals surface area contributed by atoms with Gasteiger partial charge in [-0.2, -0.15) is 0 Å². The summed E-state index contributed by atoms with van der Waals surface area (Å²) in [6, 6.07) is 3.91. The van der Waals surface area contributed by atoms with Crippen molar-refractivity contribution in [2.45, 2.75) is 18.9 Å². The highest BCUT2D eigenvalue weighted by Gasteiger charge is 2.24. The van der Waals surface area contributed by atoms with Crippen LogP contribution in [0, 0.1) is 0 Å². The zero-order valence-corrected chi connectivity index (χ0v) is 7.62. The normalized spacial score (nSPS) is 26.5. The molecule has 0 aromatic carbocycles. The number of rotatable bonds is 0. The van der Waals surface area contributed by atoms with Gasteiger partial charge in [-0.15, -0.1) is 0 Å². The fraction of sp³-hybridized carbons (Fsp3) is 0.300. The first-order chi connectivity index (χ1) is 6.11. The summed E-state index contributed by atoms with van der Waals surface area (Å²) in [6.07, 6.45) is 4.59. The molecule has 0 bridgehead atoms. The summed E-state index contributed by atoms with van der Waals surface area (Å²) in [5.41, 5.74) is 12.2. The third kappa shape index (κ3) is 1.21. The van der Waals surface area contributed by atoms with Gasteiger partial charge in [-0.25, -0.2) is 0 Å². The molecule has 1 aliphatic carbocycles. The van der Waals surface area contributed by atoms with Gasteiger partial charge in [-0.1, -0.05) is 12.1 Å². The summed E-state index contributed by atoms with van der Waals surface area (Å²) >= 11 is 0. The Morgan fingerprint density at radius 1 is 1.54 bits per heavy atom. The number of pyridine rings is 1. The largest absolute Gasteiger partial charge is 0.399 e. The van der Waals surface area contributed by atoms with Crippen molar-refractivity contribution in [2.75, 3.05) is 0 Å². The number of fused-ring (bicyclic) bond motifs is 1. The molecular weight excluding hydrogens is 162 g/mol. The Kier molecular flexibility index (Phi) is 1.63. The summed E-state index contributed by atoms with van der Waals surface area (Å²) in [5.74, 6) is 0. The van der Waals surface area contributed by atoms with E-state index in [2.05, 4.69) is 11.1 Å². The van der Waals surface area contributed by atoms with Crippen molar-refractivity contribution in [1.82, 2.24) is 4.98 Å². The van der Waals surface area contributed by atoms with E-state index in [1.807, 2.05) is 19.1 Å². The van der Waals surface area contributed by atoms with Gasteiger partial charge in [0.1, 0.15) is 0 Å². The van der Waals surface area contributed by atoms with E-state index in [0.29, 0.717) is 5.70 Å². The van der Waals surface area contributed by atoms with E-state index in [4.69, 9.17) is 11.5 Å². The van der Waals surface area contributed by atoms with Crippen LogP contribution in [0.2, 0.25) is 0 Å². The lowest BCUT2D eigenvalue weighted by molar-refractivity contribution is 0.607. The summed E-state index contributed by atoms with van der Waals surface area (Å²) < 4.78 is 0. The predicted molar refractivity (Wildman–Crippen MR) is 52.8 cm³/mol. The highest BCUT2D eigenvalue weighted by atomic mass is 14.8. The molecule has 0 fully saturated rings. The van der Waals surface area contributed by atoms with Crippen LogP contribution < -0.4 is 22.0 Å². The van der Waals surface area contributed by atoms with E-state index in [0.717, 1.165) is 17.0 Å². The molecule has 0 saturated heterocycles. The van der Waals surface area contributed by atoms with Crippen molar-refractivity contribution in [3.05, 3.63) is 28.9 Å². The fourth-order valence-corrected chi connectivity index (χ4v) is 1.51. The Hall–Kier alpha value is -1.35. The maximum Gasteiger partial charge on any atom is 0.0904 e. The van der Waals surface area contributed by atoms with Crippen molar-refractivity contribution in [3.63, 3.8) is 0 Å². The van der Waals surface area contributed by atoms with Gasteiger partial charge in [-0.3, -0.25) is 4.98 Å². The van der Waals surface area contributed by atoms with Gasteiger partial charge in [0.2, 0.25) is 0 Å². The lowest BCUT2D eigenvalue weighted by Crippen LogP contribution is -2.50. The van der Waals surface area contributed by atoms with Crippen LogP contribution in [-0.2, 0) is 0 Å². The Labute approximate surface area is 76.8 Å². The zero-order chi connectivity index (χ0) is 9.47. The van der Waals surface area contributed by atoms with E-state index in [1.165, 1.54) is 0 Å². The molecule has 2 rings (SSSR count). The molecule has 1 aromatic heterocycles. The molecule has 0 radical (unpaired) electrons. The molecule has 13 heavy (non-hydrogen) atoms. The summed E-state index contributed by atoms with van der Waals surface area (Å²) in [6.45, 7) is 1.93. The van der Waals surface area contributed by atoms with Crippen LogP contribution in [0.3, 0.4) is 0 Å². The average molecular weight is 175 g/mol. The average Bonchev–Trinajstić information content (AvgIpc) is 2.13. The maximum absolute atomic E-state index is 6.00. The van der Waals surface area contributed by atoms with Crippen LogP contribution in [-0.4, -0.2) is 10.5 Å². The molecule has 1 aliphatic rings. The summed E-state index contributed by atoms with van der Waals surface area (Å²) in [4.78, 5) is 4.22. The molecule has 1 unspecified atom stereocenters. The molecule has 3 nitrogen and oxygen atoms in total. The second-order valence-corrected chi connectivity index (χ2v) is 3.68. The van der Waals surface area contributed by atoms with Gasteiger partial charge in [0.25, 0.3) is 0 Å². The van der Waals surface area contributed by atoms with Gasteiger partial charge in [0.05, 0.1) is 16.6 Å². The second kappa shape index (κ2) is 2.57. The standard InChI is InChI=1S/C10H13N3/c1-10(12)5-4-7-3-2-6-13-8(7)9(10)11/h2-4,6H,5,11-12H2,1H3. The van der Waals surface area contributed by atoms with Crippen LogP contribution in [0.1, 0.15) is 13.3 Å². The Morgan fingerprint density at radius 2 is 2.31 bits per heavy atom. The minimum absolute atomic E-state index is 0.443. The quantitative estimate of drug-likeness (QED) is 0.534. The first kappa shape index (κ1) is 8.26. The van der Waals surface area contributed by atoms with E-state index >= 15 is 0 Å². The van der Waals surface area contributed by atoms with Crippen molar-refractivity contribution in [1.29, 1.82) is 0 Å². The van der Waals surface area contributed by atoms with Gasteiger partial charge in [-0.05, 0) is 24.6 Å². The van der Waals surface area contributed by atoms with E-state index in [-0.39, 0.29) is 0 Å². The number of nitrogens with zero attached hydrogens (tertiary/aromatic N) is 1. The molecule has 4 N–H and O–H groups in total. The molecule has 1 aromatic rings. The molecule has 0 spiro atoms. The molecule has 0 amide bonds. The van der Waals surface area contributed by atoms with Gasteiger partial charge >= 0.3 is 0 Å². The highest BCUT2D eigenvalue weighted by Crippen LogP contribution is 2.14. The van der Waals surface area contributed by atoms with Crippen molar-refractivity contribution >= 4 is 11.8 Å². The number of nitrogens with two attached hydrogens (primary N) is 2. The van der Waals surface area contributed by atoms with E-state index < -0.39 is 5.54 Å². The molecule has 3 heteroatoms. The molecule has 0 aliphatic heterocycles. The predicted octanol–water partition coefficient (Wildman–Crippen LogP) is -0.950. The minimum atomic E-state index is -0.443. The molecule has 1 atom stereocenters. The fourth-order valence-electron chi connectivity index (χ4n) is 1.51. The number of hydrogen-bond donors (Lipinski definition) is 2. The zero-order valence-electron chi connectivity index (χ0n) is 7.62. The topological polar surface area (TPSA) is 64.9 Å². The number of aromatic nitrogens is 1. The van der Waals surface area contributed by atoms with Crippen molar-refractivity contribution < 1.29 is 0 Å². The van der Waals surface area contributed by atoms with E-state index in [1.54, 1.807) is 6.20 Å². The number of hydrogen-bond acceptors (Lipinski definition) is 3. The van der Waals surface area contributed by atoms with E-state index in [9.17, 15) is 0 Å². The van der Waals surface area contributed by atoms with Crippen LogP contribution in [0.25, 0.3) is 11.8 Å². The maximum atomic E-state index is 6.00. The van der Waals surface area contributed by atoms with Gasteiger partial charge in [0, 0.05) is 6.20 Å². The first-order valence-corrected chi connectivity index (χ1v) is 4.31. The molecular formula is C10H13N3. The minimum Gasteiger partial charge on any atom is -0.399 e. The molecule has 68 valence electrons. The lowest BCUT2D eigenvalue weighted by atomic mass is 9.90. The highest BCUT2D eigenvalue weighted by molar-refractivity contribution is 5.56. The molecule has 0 saturated carbocycles. The third-order valence-electron chi connectivity index (χ3n) is 2.46. The van der Waals surface area contributed by atoms with Crippen LogP contribution in [0.4, 0.5) is 0 Å². The monoisotopic (exact) mass is 175 g/mol. The first-order valence-electron chi connectivity index (χ1n) is 4.31. The van der Waals surface area contributed by atoms with Gasteiger partial charge in [0.15, 0.2) is 0 Å². The van der Waals surface area contributed by atoms with Crippen LogP contribution in [0.5, 0.6) is 0 Å².